The molecule has 0 bridgehead atoms. The molecule has 1 unspecified atom stereocenters. The van der Waals surface area contributed by atoms with Crippen LogP contribution in [0.15, 0.2) is 24.3 Å². The SMILES string of the molecule is CC(C)c1ccc(C2CNCCN2C(=O)OC(C)(C)C)cc1. The van der Waals surface area contributed by atoms with Gasteiger partial charge in [0.25, 0.3) is 0 Å². The molecule has 1 N–H and O–H groups in total. The van der Waals surface area contributed by atoms with Crippen molar-refractivity contribution in [3.05, 3.63) is 35.4 Å². The lowest BCUT2D eigenvalue weighted by molar-refractivity contribution is 0.0118. The Bertz CT molecular complexity index is 503. The number of carbonyl (C=O) groups is 1. The summed E-state index contributed by atoms with van der Waals surface area (Å²) in [5.41, 5.74) is 2.01. The smallest absolute Gasteiger partial charge is 0.410 e. The molecular weight excluding hydrogens is 276 g/mol. The maximum Gasteiger partial charge on any atom is 0.410 e. The van der Waals surface area contributed by atoms with Crippen molar-refractivity contribution in [3.8, 4) is 0 Å². The van der Waals surface area contributed by atoms with Gasteiger partial charge in [-0.05, 0) is 37.8 Å². The number of hydrogen-bond acceptors (Lipinski definition) is 3. The van der Waals surface area contributed by atoms with Crippen LogP contribution in [0, 0.1) is 0 Å². The zero-order valence-electron chi connectivity index (χ0n) is 14.3. The van der Waals surface area contributed by atoms with Gasteiger partial charge in [-0.1, -0.05) is 38.1 Å². The zero-order chi connectivity index (χ0) is 16.3. The molecule has 1 heterocycles. The first-order valence-electron chi connectivity index (χ1n) is 8.08. The molecule has 0 aliphatic carbocycles. The van der Waals surface area contributed by atoms with Gasteiger partial charge in [-0.25, -0.2) is 4.79 Å². The molecular formula is C18H28N2O2. The second kappa shape index (κ2) is 6.69. The van der Waals surface area contributed by atoms with Crippen molar-refractivity contribution in [2.75, 3.05) is 19.6 Å². The maximum absolute atomic E-state index is 12.4. The van der Waals surface area contributed by atoms with Crippen LogP contribution in [0.25, 0.3) is 0 Å². The highest BCUT2D eigenvalue weighted by atomic mass is 16.6. The van der Waals surface area contributed by atoms with Gasteiger partial charge in [-0.15, -0.1) is 0 Å². The highest BCUT2D eigenvalue weighted by Crippen LogP contribution is 2.26. The van der Waals surface area contributed by atoms with Crippen LogP contribution in [0.1, 0.15) is 57.7 Å². The summed E-state index contributed by atoms with van der Waals surface area (Å²) in [5.74, 6) is 0.514. The van der Waals surface area contributed by atoms with E-state index in [1.165, 1.54) is 5.56 Å². The number of piperazine rings is 1. The number of nitrogens with one attached hydrogen (secondary N) is 1. The molecule has 4 heteroatoms. The second-order valence-electron chi connectivity index (χ2n) is 7.22. The van der Waals surface area contributed by atoms with Crippen LogP contribution in [0.3, 0.4) is 0 Å². The molecule has 0 saturated carbocycles. The minimum absolute atomic E-state index is 0.0322. The number of benzene rings is 1. The maximum atomic E-state index is 12.4. The number of carbonyl (C=O) groups excluding carboxylic acids is 1. The summed E-state index contributed by atoms with van der Waals surface area (Å²) in [5, 5.41) is 3.37. The first kappa shape index (κ1) is 16.8. The van der Waals surface area contributed by atoms with Crippen LogP contribution in [-0.4, -0.2) is 36.2 Å². The summed E-state index contributed by atoms with van der Waals surface area (Å²) in [4.78, 5) is 14.3. The van der Waals surface area contributed by atoms with E-state index in [4.69, 9.17) is 4.74 Å². The van der Waals surface area contributed by atoms with Gasteiger partial charge >= 0.3 is 6.09 Å². The molecule has 4 nitrogen and oxygen atoms in total. The van der Waals surface area contributed by atoms with Crippen molar-refractivity contribution in [1.29, 1.82) is 0 Å². The van der Waals surface area contributed by atoms with Gasteiger partial charge < -0.3 is 10.1 Å². The molecule has 1 aliphatic rings. The third-order valence-corrected chi connectivity index (χ3v) is 3.86. The highest BCUT2D eigenvalue weighted by Gasteiger charge is 2.31. The quantitative estimate of drug-likeness (QED) is 0.906. The van der Waals surface area contributed by atoms with E-state index in [0.29, 0.717) is 12.5 Å². The fraction of sp³-hybridized carbons (Fsp3) is 0.611. The third kappa shape index (κ3) is 4.23. The second-order valence-corrected chi connectivity index (χ2v) is 7.22. The molecule has 1 amide bonds. The Labute approximate surface area is 133 Å². The molecule has 0 aromatic heterocycles. The Balaban J connectivity index is 2.17. The van der Waals surface area contributed by atoms with Crippen LogP contribution in [0.2, 0.25) is 0 Å². The number of nitrogens with zero attached hydrogens (tertiary/aromatic N) is 1. The summed E-state index contributed by atoms with van der Waals surface area (Å²) >= 11 is 0. The van der Waals surface area contributed by atoms with Gasteiger partial charge in [0.05, 0.1) is 6.04 Å². The van der Waals surface area contributed by atoms with E-state index < -0.39 is 5.60 Å². The van der Waals surface area contributed by atoms with E-state index >= 15 is 0 Å². The average Bonchev–Trinajstić information content (AvgIpc) is 2.45. The van der Waals surface area contributed by atoms with E-state index in [9.17, 15) is 4.79 Å². The molecule has 1 fully saturated rings. The van der Waals surface area contributed by atoms with Crippen LogP contribution < -0.4 is 5.32 Å². The highest BCUT2D eigenvalue weighted by molar-refractivity contribution is 5.69. The zero-order valence-corrected chi connectivity index (χ0v) is 14.3. The molecule has 2 rings (SSSR count). The van der Waals surface area contributed by atoms with Crippen LogP contribution in [0.5, 0.6) is 0 Å². The lowest BCUT2D eigenvalue weighted by atomic mass is 9.98. The Morgan fingerprint density at radius 1 is 1.27 bits per heavy atom. The monoisotopic (exact) mass is 304 g/mol. The molecule has 0 radical (unpaired) electrons. The molecule has 22 heavy (non-hydrogen) atoms. The van der Waals surface area contributed by atoms with Crippen LogP contribution >= 0.6 is 0 Å². The van der Waals surface area contributed by atoms with Crippen molar-refractivity contribution >= 4 is 6.09 Å². The van der Waals surface area contributed by atoms with Crippen molar-refractivity contribution < 1.29 is 9.53 Å². The summed E-state index contributed by atoms with van der Waals surface area (Å²) < 4.78 is 5.55. The lowest BCUT2D eigenvalue weighted by Crippen LogP contribution is -2.50. The summed E-state index contributed by atoms with van der Waals surface area (Å²) in [7, 11) is 0. The largest absolute Gasteiger partial charge is 0.444 e. The Kier molecular flexibility index (Phi) is 5.12. The molecule has 1 atom stereocenters. The number of amides is 1. The summed E-state index contributed by atoms with van der Waals surface area (Å²) in [6.45, 7) is 12.3. The van der Waals surface area contributed by atoms with Gasteiger partial charge in [-0.2, -0.15) is 0 Å². The van der Waals surface area contributed by atoms with Gasteiger partial charge in [-0.3, -0.25) is 4.90 Å². The molecule has 122 valence electrons. The summed E-state index contributed by atoms with van der Waals surface area (Å²) in [6.07, 6.45) is -0.230. The Morgan fingerprint density at radius 2 is 1.91 bits per heavy atom. The first-order chi connectivity index (χ1) is 10.3. The molecule has 1 aliphatic heterocycles. The summed E-state index contributed by atoms with van der Waals surface area (Å²) in [6, 6.07) is 8.60. The minimum Gasteiger partial charge on any atom is -0.444 e. The minimum atomic E-state index is -0.464. The fourth-order valence-corrected chi connectivity index (χ4v) is 2.64. The van der Waals surface area contributed by atoms with E-state index in [0.717, 1.165) is 18.7 Å². The third-order valence-electron chi connectivity index (χ3n) is 3.86. The van der Waals surface area contributed by atoms with Gasteiger partial charge in [0, 0.05) is 19.6 Å². The first-order valence-corrected chi connectivity index (χ1v) is 8.08. The van der Waals surface area contributed by atoms with Crippen molar-refractivity contribution in [2.24, 2.45) is 0 Å². The van der Waals surface area contributed by atoms with Crippen LogP contribution in [0.4, 0.5) is 4.79 Å². The van der Waals surface area contributed by atoms with Gasteiger partial charge in [0.2, 0.25) is 0 Å². The molecule has 1 aromatic carbocycles. The molecule has 1 aromatic rings. The van der Waals surface area contributed by atoms with Crippen molar-refractivity contribution in [1.82, 2.24) is 10.2 Å². The predicted octanol–water partition coefficient (Wildman–Crippen LogP) is 3.69. The standard InChI is InChI=1S/C18H28N2O2/c1-13(2)14-6-8-15(9-7-14)16-12-19-10-11-20(16)17(21)22-18(3,4)5/h6-9,13,16,19H,10-12H2,1-5H3. The van der Waals surface area contributed by atoms with Gasteiger partial charge in [0.15, 0.2) is 0 Å². The Morgan fingerprint density at radius 3 is 2.45 bits per heavy atom. The van der Waals surface area contributed by atoms with Gasteiger partial charge in [0.1, 0.15) is 5.60 Å². The van der Waals surface area contributed by atoms with E-state index in [1.54, 1.807) is 0 Å². The van der Waals surface area contributed by atoms with E-state index in [-0.39, 0.29) is 12.1 Å². The average molecular weight is 304 g/mol. The number of rotatable bonds is 2. The Hall–Kier alpha value is -1.55. The fourth-order valence-electron chi connectivity index (χ4n) is 2.64. The number of ether oxygens (including phenoxy) is 1. The normalized spacial score (nSPS) is 19.4. The number of hydrogen-bond donors (Lipinski definition) is 1. The topological polar surface area (TPSA) is 41.6 Å². The predicted molar refractivity (Wildman–Crippen MR) is 89.1 cm³/mol. The molecule has 1 saturated heterocycles. The van der Waals surface area contributed by atoms with E-state index in [2.05, 4.69) is 43.4 Å². The molecule has 0 spiro atoms. The van der Waals surface area contributed by atoms with Crippen molar-refractivity contribution in [3.63, 3.8) is 0 Å². The van der Waals surface area contributed by atoms with E-state index in [1.807, 2.05) is 25.7 Å². The lowest BCUT2D eigenvalue weighted by Gasteiger charge is -2.37. The van der Waals surface area contributed by atoms with Crippen molar-refractivity contribution in [2.45, 2.75) is 52.2 Å². The van der Waals surface area contributed by atoms with Crippen LogP contribution in [-0.2, 0) is 4.74 Å².